The number of carbonyl (C=O) groups excluding carboxylic acids is 1. The van der Waals surface area contributed by atoms with Crippen LogP contribution in [0, 0.1) is 0 Å². The largest absolute Gasteiger partial charge is 0.372 e. The highest BCUT2D eigenvalue weighted by Crippen LogP contribution is 2.08. The molecule has 0 saturated heterocycles. The number of hydrogen-bond donors (Lipinski definition) is 1. The van der Waals surface area contributed by atoms with Crippen molar-refractivity contribution in [2.45, 2.75) is 46.9 Å². The Kier molecular flexibility index (Phi) is 18.2. The predicted molar refractivity (Wildman–Crippen MR) is 105 cm³/mol. The zero-order valence-corrected chi connectivity index (χ0v) is 15.1. The minimum absolute atomic E-state index is 0.250. The maximum atomic E-state index is 8.58. The van der Waals surface area contributed by atoms with Crippen molar-refractivity contribution in [2.75, 3.05) is 0 Å². The summed E-state index contributed by atoms with van der Waals surface area (Å²) in [6.07, 6.45) is 9.93. The number of benzene rings is 1. The van der Waals surface area contributed by atoms with Crippen LogP contribution in [-0.2, 0) is 11.2 Å². The maximum Gasteiger partial charge on any atom is 0.204 e. The first-order valence-corrected chi connectivity index (χ1v) is 8.17. The standard InChI is InChI=1S/C17H22B.C2H6.CH3NO/c1-4-15(3)14-17(5-2)18-13-9-12-16-10-7-6-8-11-16;1-2;2-1-3/h4-8,10-11,14H,1,9,12-13H2,2-3H3;1-2H3;1H,(H2,2,3)/b15-14-,17-5+;;. The number of hydrogen-bond acceptors (Lipinski definition) is 1. The molecule has 0 aliphatic carbocycles. The highest BCUT2D eigenvalue weighted by molar-refractivity contribution is 6.46. The molecule has 1 amide bonds. The second-order valence-electron chi connectivity index (χ2n) is 4.60. The van der Waals surface area contributed by atoms with Gasteiger partial charge in [-0.15, -0.1) is 0 Å². The zero-order chi connectivity index (χ0) is 17.9. The Hall–Kier alpha value is -2.03. The van der Waals surface area contributed by atoms with Crippen LogP contribution in [0.15, 0.2) is 66.2 Å². The lowest BCUT2D eigenvalue weighted by Crippen LogP contribution is -1.95. The normalized spacial score (nSPS) is 10.4. The van der Waals surface area contributed by atoms with Crippen LogP contribution in [0.5, 0.6) is 0 Å². The van der Waals surface area contributed by atoms with Crippen LogP contribution < -0.4 is 5.73 Å². The van der Waals surface area contributed by atoms with Crippen LogP contribution in [0.3, 0.4) is 0 Å². The van der Waals surface area contributed by atoms with Gasteiger partial charge in [0, 0.05) is 0 Å². The van der Waals surface area contributed by atoms with Gasteiger partial charge >= 0.3 is 0 Å². The van der Waals surface area contributed by atoms with E-state index in [2.05, 4.69) is 75.9 Å². The van der Waals surface area contributed by atoms with Crippen molar-refractivity contribution in [1.82, 2.24) is 0 Å². The Morgan fingerprint density at radius 2 is 1.83 bits per heavy atom. The minimum atomic E-state index is 0.250. The lowest BCUT2D eigenvalue weighted by molar-refractivity contribution is -0.106. The molecule has 2 nitrogen and oxygen atoms in total. The molecule has 0 aliphatic heterocycles. The SMILES string of the molecule is C=C/C(C)=C\C([B]CCCc1ccccc1)=C/C.CC.NC=O. The molecule has 0 atom stereocenters. The average Bonchev–Trinajstić information content (AvgIpc) is 2.60. The monoisotopic (exact) mass is 312 g/mol. The molecule has 3 heteroatoms. The van der Waals surface area contributed by atoms with Gasteiger partial charge in [0.2, 0.25) is 6.41 Å². The van der Waals surface area contributed by atoms with Gasteiger partial charge in [-0.2, -0.15) is 0 Å². The van der Waals surface area contributed by atoms with Gasteiger partial charge in [-0.25, -0.2) is 0 Å². The molecule has 0 spiro atoms. The van der Waals surface area contributed by atoms with E-state index in [-0.39, 0.29) is 6.41 Å². The van der Waals surface area contributed by atoms with Gasteiger partial charge in [-0.1, -0.05) is 92.8 Å². The summed E-state index contributed by atoms with van der Waals surface area (Å²) in [6, 6.07) is 10.7. The van der Waals surface area contributed by atoms with E-state index in [4.69, 9.17) is 4.79 Å². The second-order valence-corrected chi connectivity index (χ2v) is 4.60. The van der Waals surface area contributed by atoms with Crippen molar-refractivity contribution >= 4 is 13.7 Å². The third kappa shape index (κ3) is 14.7. The molecule has 125 valence electrons. The Morgan fingerprint density at radius 3 is 2.30 bits per heavy atom. The van der Waals surface area contributed by atoms with Gasteiger partial charge in [0.1, 0.15) is 0 Å². The molecule has 0 fully saturated rings. The summed E-state index contributed by atoms with van der Waals surface area (Å²) in [7, 11) is 2.30. The number of amides is 1. The van der Waals surface area contributed by atoms with Crippen molar-refractivity contribution in [1.29, 1.82) is 0 Å². The molecular formula is C20H31BNO. The average molecular weight is 312 g/mol. The number of allylic oxidation sites excluding steroid dienone is 5. The van der Waals surface area contributed by atoms with Crippen molar-refractivity contribution in [3.8, 4) is 0 Å². The molecule has 23 heavy (non-hydrogen) atoms. The van der Waals surface area contributed by atoms with E-state index in [1.54, 1.807) is 0 Å². The van der Waals surface area contributed by atoms with Gasteiger partial charge in [0.25, 0.3) is 0 Å². The van der Waals surface area contributed by atoms with E-state index < -0.39 is 0 Å². The van der Waals surface area contributed by atoms with Crippen LogP contribution in [-0.4, -0.2) is 13.7 Å². The van der Waals surface area contributed by atoms with E-state index >= 15 is 0 Å². The number of rotatable bonds is 7. The Balaban J connectivity index is 0. The van der Waals surface area contributed by atoms with Gasteiger partial charge in [-0.05, 0) is 25.8 Å². The van der Waals surface area contributed by atoms with E-state index in [9.17, 15) is 0 Å². The van der Waals surface area contributed by atoms with E-state index in [1.807, 2.05) is 19.9 Å². The van der Waals surface area contributed by atoms with Gasteiger partial charge in [0.05, 0.1) is 0 Å². The summed E-state index contributed by atoms with van der Waals surface area (Å²) < 4.78 is 0. The second kappa shape index (κ2) is 18.0. The van der Waals surface area contributed by atoms with E-state index in [0.717, 1.165) is 12.7 Å². The molecule has 1 rings (SSSR count). The molecule has 0 aromatic heterocycles. The Labute approximate surface area is 143 Å². The minimum Gasteiger partial charge on any atom is -0.372 e. The summed E-state index contributed by atoms with van der Waals surface area (Å²) in [4.78, 5) is 8.58. The van der Waals surface area contributed by atoms with E-state index in [1.165, 1.54) is 23.0 Å². The fourth-order valence-electron chi connectivity index (χ4n) is 1.80. The number of carbonyl (C=O) groups is 1. The van der Waals surface area contributed by atoms with Gasteiger partial charge in [-0.3, -0.25) is 4.79 Å². The molecule has 1 radical (unpaired) electrons. The molecule has 1 aromatic carbocycles. The lowest BCUT2D eigenvalue weighted by atomic mass is 9.64. The zero-order valence-electron chi connectivity index (χ0n) is 15.1. The number of primary amides is 1. The molecule has 0 bridgehead atoms. The fraction of sp³-hybridized carbons (Fsp3) is 0.350. The summed E-state index contributed by atoms with van der Waals surface area (Å²) in [5, 5.41) is 0. The lowest BCUT2D eigenvalue weighted by Gasteiger charge is -2.03. The molecule has 0 aliphatic rings. The maximum absolute atomic E-state index is 8.58. The fourth-order valence-corrected chi connectivity index (χ4v) is 1.80. The first-order chi connectivity index (χ1) is 11.2. The highest BCUT2D eigenvalue weighted by atomic mass is 16.1. The van der Waals surface area contributed by atoms with Crippen molar-refractivity contribution in [3.63, 3.8) is 0 Å². The summed E-state index contributed by atoms with van der Waals surface area (Å²) in [5.74, 6) is 0. The van der Waals surface area contributed by atoms with Crippen molar-refractivity contribution < 1.29 is 4.79 Å². The first kappa shape index (κ1) is 23.2. The predicted octanol–water partition coefficient (Wildman–Crippen LogP) is 4.91. The summed E-state index contributed by atoms with van der Waals surface area (Å²) in [5.41, 5.74) is 8.09. The van der Waals surface area contributed by atoms with Crippen LogP contribution >= 0.6 is 0 Å². The third-order valence-corrected chi connectivity index (χ3v) is 2.94. The summed E-state index contributed by atoms with van der Waals surface area (Å²) >= 11 is 0. The van der Waals surface area contributed by atoms with E-state index in [0.29, 0.717) is 0 Å². The third-order valence-electron chi connectivity index (χ3n) is 2.94. The number of nitrogens with two attached hydrogens (primary N) is 1. The molecule has 0 saturated carbocycles. The molecule has 1 aromatic rings. The van der Waals surface area contributed by atoms with Crippen molar-refractivity contribution in [2.24, 2.45) is 5.73 Å². The van der Waals surface area contributed by atoms with Gasteiger partial charge in [0.15, 0.2) is 7.28 Å². The summed E-state index contributed by atoms with van der Waals surface area (Å²) in [6.45, 7) is 11.9. The van der Waals surface area contributed by atoms with Crippen LogP contribution in [0.4, 0.5) is 0 Å². The Morgan fingerprint density at radius 1 is 1.26 bits per heavy atom. The van der Waals surface area contributed by atoms with Gasteiger partial charge < -0.3 is 5.73 Å². The molecule has 0 heterocycles. The first-order valence-electron chi connectivity index (χ1n) is 8.17. The van der Waals surface area contributed by atoms with Crippen LogP contribution in [0.25, 0.3) is 0 Å². The molecule has 0 unspecified atom stereocenters. The smallest absolute Gasteiger partial charge is 0.204 e. The van der Waals surface area contributed by atoms with Crippen LogP contribution in [0.1, 0.15) is 39.7 Å². The number of aryl methyl sites for hydroxylation is 1. The highest BCUT2D eigenvalue weighted by Gasteiger charge is 1.97. The molecule has 2 N–H and O–H groups in total. The van der Waals surface area contributed by atoms with Crippen LogP contribution in [0.2, 0.25) is 6.32 Å². The van der Waals surface area contributed by atoms with Crippen molar-refractivity contribution in [3.05, 3.63) is 71.7 Å². The topological polar surface area (TPSA) is 43.1 Å². The Bertz CT molecular complexity index is 464. The molecular weight excluding hydrogens is 281 g/mol. The quantitative estimate of drug-likeness (QED) is 0.331.